The largest absolute Gasteiger partial charge is 0.487 e. The Balaban J connectivity index is 1.04. The highest BCUT2D eigenvalue weighted by Crippen LogP contribution is 2.48. The Labute approximate surface area is 306 Å². The van der Waals surface area contributed by atoms with Gasteiger partial charge in [0.25, 0.3) is 0 Å². The number of ether oxygens (including phenoxy) is 1. The number of para-hydroxylation sites is 1. The van der Waals surface area contributed by atoms with Crippen molar-refractivity contribution in [1.82, 2.24) is 15.2 Å². The van der Waals surface area contributed by atoms with E-state index in [0.29, 0.717) is 11.8 Å². The summed E-state index contributed by atoms with van der Waals surface area (Å²) in [5, 5.41) is 10.3. The number of amidine groups is 1. The highest BCUT2D eigenvalue weighted by atomic mass is 16.5. The fourth-order valence-corrected chi connectivity index (χ4v) is 9.63. The summed E-state index contributed by atoms with van der Waals surface area (Å²) in [6, 6.07) is 26.4. The van der Waals surface area contributed by atoms with Crippen molar-refractivity contribution in [2.45, 2.75) is 70.8 Å². The number of aliphatic imine (C=N–C) groups is 1. The lowest BCUT2D eigenvalue weighted by Crippen LogP contribution is -2.56. The molecule has 0 fully saturated rings. The smallest absolute Gasteiger partial charge is 0.149 e. The minimum Gasteiger partial charge on any atom is -0.487 e. The van der Waals surface area contributed by atoms with Crippen LogP contribution in [0, 0.1) is 17.8 Å². The van der Waals surface area contributed by atoms with Crippen molar-refractivity contribution in [2.24, 2.45) is 22.7 Å². The second-order valence-corrected chi connectivity index (χ2v) is 15.6. The molecule has 2 N–H and O–H groups in total. The average molecular weight is 683 g/mol. The monoisotopic (exact) mass is 682 g/mol. The Morgan fingerprint density at radius 2 is 1.73 bits per heavy atom. The molecule has 0 spiro atoms. The van der Waals surface area contributed by atoms with Gasteiger partial charge < -0.3 is 14.6 Å². The van der Waals surface area contributed by atoms with E-state index in [0.717, 1.165) is 43.7 Å². The molecule has 10 rings (SSSR count). The normalized spacial score (nSPS) is 28.3. The van der Waals surface area contributed by atoms with Crippen molar-refractivity contribution in [1.29, 1.82) is 0 Å². The second-order valence-electron chi connectivity index (χ2n) is 15.6. The van der Waals surface area contributed by atoms with E-state index in [1.807, 2.05) is 0 Å². The predicted molar refractivity (Wildman–Crippen MR) is 214 cm³/mol. The Morgan fingerprint density at radius 1 is 0.865 bits per heavy atom. The molecule has 52 heavy (non-hydrogen) atoms. The predicted octanol–water partition coefficient (Wildman–Crippen LogP) is 10.4. The third-order valence-electron chi connectivity index (χ3n) is 11.8. The molecule has 1 aromatic heterocycles. The van der Waals surface area contributed by atoms with Gasteiger partial charge in [0.15, 0.2) is 0 Å². The van der Waals surface area contributed by atoms with E-state index in [9.17, 15) is 0 Å². The van der Waals surface area contributed by atoms with Crippen molar-refractivity contribution >= 4 is 33.3 Å². The van der Waals surface area contributed by atoms with Crippen LogP contribution >= 0.6 is 0 Å². The first-order valence-corrected chi connectivity index (χ1v) is 19.3. The minimum atomic E-state index is -0.128. The van der Waals surface area contributed by atoms with Gasteiger partial charge in [0, 0.05) is 34.3 Å². The fraction of sp³-hybridized carbons (Fsp3) is 0.298. The van der Waals surface area contributed by atoms with Crippen LogP contribution in [0.1, 0.15) is 52.4 Å². The lowest BCUT2D eigenvalue weighted by Gasteiger charge is -2.37. The van der Waals surface area contributed by atoms with E-state index in [1.54, 1.807) is 0 Å². The molecule has 0 saturated heterocycles. The van der Waals surface area contributed by atoms with E-state index >= 15 is 0 Å². The Kier molecular flexibility index (Phi) is 7.79. The molecule has 0 amide bonds. The topological polar surface area (TPSA) is 50.6 Å². The molecule has 4 aliphatic carbocycles. The SMILES string of the molecule is CC1C=C(C2N=C(C3=CCCC4=C3[C@H]3C=CC=C(n5c6ccccc6c6ccc(-c7ccccc7)cc65)C3O4)NC(C3=CCCC=C3)N2)CC(C)C1. The number of hydrogen-bond acceptors (Lipinski definition) is 4. The lowest BCUT2D eigenvalue weighted by atomic mass is 9.81. The first-order valence-electron chi connectivity index (χ1n) is 19.3. The zero-order chi connectivity index (χ0) is 34.8. The van der Waals surface area contributed by atoms with Gasteiger partial charge in [-0.25, -0.2) is 4.99 Å². The molecule has 4 aromatic rings. The van der Waals surface area contributed by atoms with E-state index < -0.39 is 0 Å². The van der Waals surface area contributed by atoms with Gasteiger partial charge in [-0.15, -0.1) is 0 Å². The molecule has 3 aromatic carbocycles. The van der Waals surface area contributed by atoms with Crippen LogP contribution in [0.3, 0.4) is 0 Å². The number of benzene rings is 3. The molecular formula is C47H46N4O. The molecule has 5 heteroatoms. The summed E-state index contributed by atoms with van der Waals surface area (Å²) in [4.78, 5) is 5.50. The van der Waals surface area contributed by atoms with Gasteiger partial charge in [0.1, 0.15) is 30.0 Å². The van der Waals surface area contributed by atoms with Crippen LogP contribution in [0.4, 0.5) is 0 Å². The number of allylic oxidation sites excluding steroid dienone is 7. The summed E-state index contributed by atoms with van der Waals surface area (Å²) in [6.45, 7) is 4.73. The van der Waals surface area contributed by atoms with Crippen LogP contribution in [-0.2, 0) is 4.74 Å². The van der Waals surface area contributed by atoms with Gasteiger partial charge in [-0.05, 0) is 84.4 Å². The van der Waals surface area contributed by atoms with Gasteiger partial charge in [0.2, 0.25) is 0 Å². The first kappa shape index (κ1) is 31.6. The molecule has 260 valence electrons. The molecule has 5 nitrogen and oxygen atoms in total. The fourth-order valence-electron chi connectivity index (χ4n) is 9.63. The van der Waals surface area contributed by atoms with E-state index in [-0.39, 0.29) is 24.4 Å². The van der Waals surface area contributed by atoms with Gasteiger partial charge in [-0.3, -0.25) is 5.32 Å². The molecule has 0 bridgehead atoms. The van der Waals surface area contributed by atoms with Crippen molar-refractivity contribution in [2.75, 3.05) is 0 Å². The van der Waals surface area contributed by atoms with E-state index in [2.05, 4.69) is 150 Å². The van der Waals surface area contributed by atoms with Crippen LogP contribution in [0.25, 0.3) is 38.6 Å². The highest BCUT2D eigenvalue weighted by Gasteiger charge is 2.44. The third-order valence-corrected chi connectivity index (χ3v) is 11.8. The summed E-state index contributed by atoms with van der Waals surface area (Å²) >= 11 is 0. The third kappa shape index (κ3) is 5.37. The number of nitrogens with one attached hydrogen (secondary N) is 2. The average Bonchev–Trinajstić information content (AvgIpc) is 3.74. The van der Waals surface area contributed by atoms with Crippen LogP contribution in [0.15, 0.2) is 154 Å². The molecule has 0 radical (unpaired) electrons. The first-order chi connectivity index (χ1) is 25.6. The van der Waals surface area contributed by atoms with Crippen molar-refractivity contribution in [3.8, 4) is 11.1 Å². The minimum absolute atomic E-state index is 0.00116. The van der Waals surface area contributed by atoms with Gasteiger partial charge in [-0.1, -0.05) is 117 Å². The zero-order valence-electron chi connectivity index (χ0n) is 30.1. The Morgan fingerprint density at radius 3 is 2.60 bits per heavy atom. The summed E-state index contributed by atoms with van der Waals surface area (Å²) in [7, 11) is 0. The molecule has 2 aliphatic heterocycles. The molecule has 0 saturated carbocycles. The lowest BCUT2D eigenvalue weighted by molar-refractivity contribution is 0.161. The van der Waals surface area contributed by atoms with Gasteiger partial charge in [-0.2, -0.15) is 0 Å². The molecular weight excluding hydrogens is 637 g/mol. The molecule has 6 aliphatic rings. The number of rotatable bonds is 5. The van der Waals surface area contributed by atoms with Crippen LogP contribution in [0.5, 0.6) is 0 Å². The van der Waals surface area contributed by atoms with Crippen LogP contribution in [0.2, 0.25) is 0 Å². The zero-order valence-corrected chi connectivity index (χ0v) is 30.1. The number of nitrogens with zero attached hydrogens (tertiary/aromatic N) is 2. The summed E-state index contributed by atoms with van der Waals surface area (Å²) in [5.74, 6) is 3.42. The van der Waals surface area contributed by atoms with Gasteiger partial charge >= 0.3 is 0 Å². The summed E-state index contributed by atoms with van der Waals surface area (Å²) in [6.07, 6.45) is 24.9. The summed E-state index contributed by atoms with van der Waals surface area (Å²) < 4.78 is 9.58. The highest BCUT2D eigenvalue weighted by molar-refractivity contribution is 6.11. The second kappa shape index (κ2) is 12.8. The quantitative estimate of drug-likeness (QED) is 0.206. The Bertz CT molecular complexity index is 2340. The van der Waals surface area contributed by atoms with Crippen molar-refractivity contribution in [3.63, 3.8) is 0 Å². The number of aromatic nitrogens is 1. The van der Waals surface area contributed by atoms with Gasteiger partial charge in [0.05, 0.1) is 16.7 Å². The molecule has 6 atom stereocenters. The van der Waals surface area contributed by atoms with E-state index in [1.165, 1.54) is 67.3 Å². The Hall–Kier alpha value is -5.13. The van der Waals surface area contributed by atoms with E-state index in [4.69, 9.17) is 9.73 Å². The van der Waals surface area contributed by atoms with Crippen LogP contribution < -0.4 is 10.6 Å². The maximum atomic E-state index is 7.12. The number of fused-ring (bicyclic) bond motifs is 5. The van der Waals surface area contributed by atoms with Crippen LogP contribution in [-0.4, -0.2) is 28.8 Å². The van der Waals surface area contributed by atoms with Crippen molar-refractivity contribution in [3.05, 3.63) is 149 Å². The maximum Gasteiger partial charge on any atom is 0.149 e. The maximum absolute atomic E-state index is 7.12. The number of hydrogen-bond donors (Lipinski definition) is 2. The molecule has 5 unspecified atom stereocenters. The standard InChI is InChI=1S/C47H46N4O/c1-29-25-30(2)27-34(26-29)46-48-45(32-15-7-4-8-16-32)49-47(50-46)38-19-12-22-42-43(38)37-18-11-21-40(44(37)52-42)51-39-20-10-9-17-35(39)36-24-23-33(28-41(36)51)31-13-5-3-6-14-31/h3,5-7,9-11,13-21,23-24,26,28-30,37,44-46,48H,4,8,12,22,25,27H2,1-2H3,(H,49,50)/t29?,30?,37-,44?,45?,46?/m1/s1. The van der Waals surface area contributed by atoms with Crippen molar-refractivity contribution < 1.29 is 4.74 Å². The molecule has 3 heterocycles. The summed E-state index contributed by atoms with van der Waals surface area (Å²) in [5.41, 5.74) is 11.3.